The van der Waals surface area contributed by atoms with Gasteiger partial charge in [-0.1, -0.05) is 19.3 Å². The van der Waals surface area contributed by atoms with Gasteiger partial charge in [-0.05, 0) is 69.1 Å². The highest BCUT2D eigenvalue weighted by Gasteiger charge is 2.51. The van der Waals surface area contributed by atoms with Crippen molar-refractivity contribution in [2.24, 2.45) is 24.8 Å². The summed E-state index contributed by atoms with van der Waals surface area (Å²) >= 11 is 0. The molecule has 6 heteroatoms. The molecule has 5 fully saturated rings. The van der Waals surface area contributed by atoms with Crippen LogP contribution in [-0.4, -0.2) is 31.3 Å². The van der Waals surface area contributed by atoms with E-state index >= 15 is 0 Å². The van der Waals surface area contributed by atoms with Gasteiger partial charge < -0.3 is 10.6 Å². The quantitative estimate of drug-likeness (QED) is 0.731. The van der Waals surface area contributed by atoms with Gasteiger partial charge in [0.05, 0.1) is 6.20 Å². The highest BCUT2D eigenvalue weighted by molar-refractivity contribution is 5.74. The molecule has 6 nitrogen and oxygen atoms in total. The van der Waals surface area contributed by atoms with E-state index in [2.05, 4.69) is 21.9 Å². The molecule has 4 bridgehead atoms. The molecule has 2 N–H and O–H groups in total. The molecule has 0 atom stereocenters. The van der Waals surface area contributed by atoms with E-state index in [1.807, 2.05) is 24.1 Å². The van der Waals surface area contributed by atoms with Crippen LogP contribution in [0.2, 0.25) is 0 Å². The number of aromatic nitrogens is 4. The Morgan fingerprint density at radius 3 is 2.30 bits per heavy atom. The molecule has 2 aromatic rings. The molecule has 30 heavy (non-hydrogen) atoms. The van der Waals surface area contributed by atoms with Crippen LogP contribution in [0.1, 0.15) is 70.6 Å². The van der Waals surface area contributed by atoms with Crippen LogP contribution in [0.4, 0.5) is 11.8 Å². The fraction of sp³-hybridized carbons (Fsp3) is 0.708. The maximum Gasteiger partial charge on any atom is 0.225 e. The van der Waals surface area contributed by atoms with E-state index in [4.69, 9.17) is 9.97 Å². The van der Waals surface area contributed by atoms with Gasteiger partial charge in [0.1, 0.15) is 5.82 Å². The van der Waals surface area contributed by atoms with Crippen LogP contribution in [0.3, 0.4) is 0 Å². The number of rotatable bonds is 5. The number of anilines is 2. The number of hydrogen-bond acceptors (Lipinski definition) is 5. The zero-order valence-electron chi connectivity index (χ0n) is 18.1. The van der Waals surface area contributed by atoms with Crippen LogP contribution in [0, 0.1) is 17.8 Å². The highest BCUT2D eigenvalue weighted by atomic mass is 15.2. The Morgan fingerprint density at radius 1 is 0.967 bits per heavy atom. The summed E-state index contributed by atoms with van der Waals surface area (Å²) in [5, 5.41) is 12.0. The molecule has 5 aliphatic carbocycles. The molecule has 0 radical (unpaired) electrons. The molecule has 0 unspecified atom stereocenters. The van der Waals surface area contributed by atoms with Gasteiger partial charge in [-0.2, -0.15) is 10.1 Å². The third-order valence-corrected chi connectivity index (χ3v) is 8.17. The summed E-state index contributed by atoms with van der Waals surface area (Å²) < 4.78 is 1.85. The van der Waals surface area contributed by atoms with E-state index in [1.165, 1.54) is 70.6 Å². The van der Waals surface area contributed by atoms with Crippen molar-refractivity contribution in [3.05, 3.63) is 18.6 Å². The maximum atomic E-state index is 5.06. The van der Waals surface area contributed by atoms with Crippen LogP contribution in [0.15, 0.2) is 18.6 Å². The van der Waals surface area contributed by atoms with Gasteiger partial charge in [0.2, 0.25) is 5.95 Å². The molecule has 0 spiro atoms. The van der Waals surface area contributed by atoms with E-state index < -0.39 is 0 Å². The van der Waals surface area contributed by atoms with Gasteiger partial charge in [-0.15, -0.1) is 0 Å². The van der Waals surface area contributed by atoms with Gasteiger partial charge in [0.15, 0.2) is 0 Å². The molecular weight excluding hydrogens is 372 g/mol. The first kappa shape index (κ1) is 18.6. The second-order valence-electron chi connectivity index (χ2n) is 10.7. The lowest BCUT2D eigenvalue weighted by molar-refractivity contribution is 0.0103. The lowest BCUT2D eigenvalue weighted by Gasteiger charge is -2.56. The minimum Gasteiger partial charge on any atom is -0.367 e. The summed E-state index contributed by atoms with van der Waals surface area (Å²) in [5.41, 5.74) is 2.37. The number of nitrogens with zero attached hydrogens (tertiary/aromatic N) is 4. The molecule has 7 rings (SSSR count). The van der Waals surface area contributed by atoms with E-state index in [0.29, 0.717) is 6.04 Å². The van der Waals surface area contributed by atoms with E-state index in [9.17, 15) is 0 Å². The topological polar surface area (TPSA) is 67.7 Å². The predicted octanol–water partition coefficient (Wildman–Crippen LogP) is 5.00. The Bertz CT molecular complexity index is 877. The highest BCUT2D eigenvalue weighted by Crippen LogP contribution is 2.56. The number of aryl methyl sites for hydroxylation is 1. The smallest absolute Gasteiger partial charge is 0.225 e. The monoisotopic (exact) mass is 406 g/mol. The lowest BCUT2D eigenvalue weighted by Crippen LogP contribution is -2.55. The summed E-state index contributed by atoms with van der Waals surface area (Å²) in [4.78, 5) is 9.85. The largest absolute Gasteiger partial charge is 0.367 e. The van der Waals surface area contributed by atoms with Gasteiger partial charge >= 0.3 is 0 Å². The van der Waals surface area contributed by atoms with Gasteiger partial charge in [-0.3, -0.25) is 4.68 Å². The summed E-state index contributed by atoms with van der Waals surface area (Å²) in [5.74, 6) is 4.52. The number of hydrogen-bond donors (Lipinski definition) is 2. The van der Waals surface area contributed by atoms with Crippen molar-refractivity contribution < 1.29 is 0 Å². The van der Waals surface area contributed by atoms with Crippen molar-refractivity contribution in [3.63, 3.8) is 0 Å². The van der Waals surface area contributed by atoms with Crippen molar-refractivity contribution in [1.82, 2.24) is 19.7 Å². The Labute approximate surface area is 179 Å². The molecule has 2 heterocycles. The van der Waals surface area contributed by atoms with E-state index in [0.717, 1.165) is 40.6 Å². The predicted molar refractivity (Wildman–Crippen MR) is 119 cm³/mol. The fourth-order valence-electron chi connectivity index (χ4n) is 7.26. The zero-order chi connectivity index (χ0) is 20.1. The molecule has 0 aliphatic heterocycles. The molecular formula is C24H34N6. The summed E-state index contributed by atoms with van der Waals surface area (Å²) in [6.45, 7) is 0. The Balaban J connectivity index is 1.30. The van der Waals surface area contributed by atoms with Crippen LogP contribution in [0.25, 0.3) is 11.1 Å². The molecule has 160 valence electrons. The van der Waals surface area contributed by atoms with E-state index in [-0.39, 0.29) is 5.54 Å². The molecule has 0 saturated heterocycles. The van der Waals surface area contributed by atoms with Crippen LogP contribution < -0.4 is 10.6 Å². The van der Waals surface area contributed by atoms with Crippen LogP contribution in [-0.2, 0) is 7.05 Å². The average Bonchev–Trinajstić information content (AvgIpc) is 3.14. The minimum absolute atomic E-state index is 0.229. The Hall–Kier alpha value is -2.11. The summed E-state index contributed by atoms with van der Waals surface area (Å²) in [6.07, 6.45) is 20.7. The first-order valence-electron chi connectivity index (χ1n) is 12.0. The van der Waals surface area contributed by atoms with Crippen molar-refractivity contribution in [2.45, 2.75) is 82.2 Å². The average molecular weight is 407 g/mol. The fourth-order valence-corrected chi connectivity index (χ4v) is 7.26. The summed E-state index contributed by atoms with van der Waals surface area (Å²) in [7, 11) is 1.96. The molecule has 5 saturated carbocycles. The SMILES string of the molecule is Cn1cc(-c2cnc(NC34CC5CC(CC(C5)C3)C4)nc2NC2CCCCC2)cn1. The second-order valence-corrected chi connectivity index (χ2v) is 10.7. The third-order valence-electron chi connectivity index (χ3n) is 8.17. The Kier molecular flexibility index (Phi) is 4.50. The second kappa shape index (κ2) is 7.24. The standard InChI is InChI=1S/C24H34N6/c1-30-15-19(13-26-30)21-14-25-23(28-22(21)27-20-5-3-2-4-6-20)29-24-10-16-7-17(11-24)9-18(8-16)12-24/h13-18,20H,2-12H2,1H3,(H2,25,27,28,29). The number of nitrogens with one attached hydrogen (secondary N) is 2. The molecule has 0 amide bonds. The van der Waals surface area contributed by atoms with Gasteiger partial charge in [0, 0.05) is 42.1 Å². The normalized spacial score (nSPS) is 33.0. The first-order chi connectivity index (χ1) is 14.6. The van der Waals surface area contributed by atoms with Crippen molar-refractivity contribution >= 4 is 11.8 Å². The Morgan fingerprint density at radius 2 is 1.67 bits per heavy atom. The summed E-state index contributed by atoms with van der Waals surface area (Å²) in [6, 6.07) is 0.511. The van der Waals surface area contributed by atoms with Crippen LogP contribution >= 0.6 is 0 Å². The first-order valence-corrected chi connectivity index (χ1v) is 12.0. The minimum atomic E-state index is 0.229. The van der Waals surface area contributed by atoms with Crippen LogP contribution in [0.5, 0.6) is 0 Å². The molecule has 0 aromatic carbocycles. The van der Waals surface area contributed by atoms with Gasteiger partial charge in [-0.25, -0.2) is 4.98 Å². The lowest BCUT2D eigenvalue weighted by atomic mass is 9.53. The van der Waals surface area contributed by atoms with Gasteiger partial charge in [0.25, 0.3) is 0 Å². The van der Waals surface area contributed by atoms with Crippen molar-refractivity contribution in [1.29, 1.82) is 0 Å². The van der Waals surface area contributed by atoms with E-state index in [1.54, 1.807) is 0 Å². The molecule has 5 aliphatic rings. The third kappa shape index (κ3) is 3.48. The van der Waals surface area contributed by atoms with Crippen molar-refractivity contribution in [2.75, 3.05) is 10.6 Å². The maximum absolute atomic E-state index is 5.06. The molecule has 2 aromatic heterocycles. The van der Waals surface area contributed by atoms with Crippen molar-refractivity contribution in [3.8, 4) is 11.1 Å². The zero-order valence-corrected chi connectivity index (χ0v) is 18.1.